The predicted octanol–water partition coefficient (Wildman–Crippen LogP) is 3.93. The number of nitrogens with one attached hydrogen (secondary N) is 2. The average molecular weight is 394 g/mol. The second-order valence-electron chi connectivity index (χ2n) is 7.31. The number of carbonyl (C=O) groups is 1. The summed E-state index contributed by atoms with van der Waals surface area (Å²) in [6.07, 6.45) is 3.26. The second kappa shape index (κ2) is 8.07. The maximum atomic E-state index is 12.7. The molecule has 4 rings (SSSR count). The van der Waals surface area contributed by atoms with Gasteiger partial charge in [-0.3, -0.25) is 4.79 Å². The van der Waals surface area contributed by atoms with E-state index in [1.165, 1.54) is 10.9 Å². The smallest absolute Gasteiger partial charge is 0.224 e. The molecule has 0 fully saturated rings. The van der Waals surface area contributed by atoms with Crippen molar-refractivity contribution in [2.24, 2.45) is 0 Å². The van der Waals surface area contributed by atoms with Crippen LogP contribution >= 0.6 is 0 Å². The summed E-state index contributed by atoms with van der Waals surface area (Å²) in [6, 6.07) is 11.6. The van der Waals surface area contributed by atoms with Crippen LogP contribution in [0.15, 0.2) is 36.4 Å². The molecular weight excluding hydrogens is 368 g/mol. The van der Waals surface area contributed by atoms with E-state index in [0.717, 1.165) is 41.8 Å². The fraction of sp³-hybridized carbons (Fsp3) is 0.348. The Morgan fingerprint density at radius 1 is 1.07 bits per heavy atom. The fourth-order valence-corrected chi connectivity index (χ4v) is 4.13. The number of rotatable bonds is 6. The first kappa shape index (κ1) is 19.2. The number of aryl methyl sites for hydroxylation is 1. The van der Waals surface area contributed by atoms with Gasteiger partial charge in [0, 0.05) is 16.6 Å². The minimum absolute atomic E-state index is 0.00805. The van der Waals surface area contributed by atoms with Crippen molar-refractivity contribution in [1.29, 1.82) is 0 Å². The van der Waals surface area contributed by atoms with Crippen LogP contribution in [0, 0.1) is 0 Å². The summed E-state index contributed by atoms with van der Waals surface area (Å²) < 4.78 is 16.0. The van der Waals surface area contributed by atoms with Crippen molar-refractivity contribution in [2.75, 3.05) is 21.3 Å². The lowest BCUT2D eigenvalue weighted by Gasteiger charge is -2.24. The summed E-state index contributed by atoms with van der Waals surface area (Å²) in [5.74, 6) is 2.12. The Bertz CT molecular complexity index is 1040. The van der Waals surface area contributed by atoms with E-state index in [0.29, 0.717) is 17.9 Å². The zero-order chi connectivity index (χ0) is 20.4. The summed E-state index contributed by atoms with van der Waals surface area (Å²) in [5.41, 5.74) is 4.36. The minimum Gasteiger partial charge on any atom is -0.497 e. The number of methoxy groups -OCH3 is 3. The molecule has 0 saturated heterocycles. The van der Waals surface area contributed by atoms with Crippen LogP contribution in [0.2, 0.25) is 0 Å². The first-order valence-corrected chi connectivity index (χ1v) is 9.81. The SMILES string of the molecule is COc1ccc2[nH]c3c(c2c1)CCCC3NC(=O)Cc1ccc(OC)c(OC)c1. The molecule has 0 spiro atoms. The maximum Gasteiger partial charge on any atom is 0.224 e. The molecule has 0 aliphatic heterocycles. The lowest BCUT2D eigenvalue weighted by atomic mass is 9.91. The molecule has 1 aromatic heterocycles. The number of amides is 1. The van der Waals surface area contributed by atoms with Crippen molar-refractivity contribution in [3.05, 3.63) is 53.2 Å². The number of hydrogen-bond donors (Lipinski definition) is 2. The van der Waals surface area contributed by atoms with Crippen molar-refractivity contribution < 1.29 is 19.0 Å². The number of ether oxygens (including phenoxy) is 3. The molecular formula is C23H26N2O4. The van der Waals surface area contributed by atoms with E-state index in [4.69, 9.17) is 14.2 Å². The summed E-state index contributed by atoms with van der Waals surface area (Å²) in [5, 5.41) is 4.38. The normalized spacial score (nSPS) is 15.6. The van der Waals surface area contributed by atoms with Crippen molar-refractivity contribution in [3.8, 4) is 17.2 Å². The molecule has 1 aliphatic carbocycles. The number of aromatic nitrogens is 1. The van der Waals surface area contributed by atoms with Gasteiger partial charge in [-0.2, -0.15) is 0 Å². The van der Waals surface area contributed by atoms with Gasteiger partial charge in [0.15, 0.2) is 11.5 Å². The number of fused-ring (bicyclic) bond motifs is 3. The third-order valence-corrected chi connectivity index (χ3v) is 5.56. The van der Waals surface area contributed by atoms with Gasteiger partial charge in [-0.15, -0.1) is 0 Å². The van der Waals surface area contributed by atoms with E-state index < -0.39 is 0 Å². The van der Waals surface area contributed by atoms with E-state index in [-0.39, 0.29) is 11.9 Å². The van der Waals surface area contributed by atoms with Gasteiger partial charge in [0.05, 0.1) is 33.8 Å². The molecule has 3 aromatic rings. The van der Waals surface area contributed by atoms with Gasteiger partial charge in [0.25, 0.3) is 0 Å². The van der Waals surface area contributed by atoms with Crippen molar-refractivity contribution in [3.63, 3.8) is 0 Å². The van der Waals surface area contributed by atoms with Crippen LogP contribution < -0.4 is 19.5 Å². The third kappa shape index (κ3) is 3.75. The lowest BCUT2D eigenvalue weighted by Crippen LogP contribution is -2.32. The number of aromatic amines is 1. The van der Waals surface area contributed by atoms with Crippen LogP contribution in [-0.4, -0.2) is 32.2 Å². The first-order chi connectivity index (χ1) is 14.1. The van der Waals surface area contributed by atoms with E-state index in [1.807, 2.05) is 30.3 Å². The highest BCUT2D eigenvalue weighted by Gasteiger charge is 2.26. The van der Waals surface area contributed by atoms with Gasteiger partial charge in [-0.25, -0.2) is 0 Å². The third-order valence-electron chi connectivity index (χ3n) is 5.56. The van der Waals surface area contributed by atoms with Gasteiger partial charge in [0.1, 0.15) is 5.75 Å². The highest BCUT2D eigenvalue weighted by molar-refractivity contribution is 5.87. The van der Waals surface area contributed by atoms with Gasteiger partial charge < -0.3 is 24.5 Å². The predicted molar refractivity (Wildman–Crippen MR) is 112 cm³/mol. The second-order valence-corrected chi connectivity index (χ2v) is 7.31. The fourth-order valence-electron chi connectivity index (χ4n) is 4.13. The molecule has 29 heavy (non-hydrogen) atoms. The maximum absolute atomic E-state index is 12.7. The zero-order valence-corrected chi connectivity index (χ0v) is 17.0. The zero-order valence-electron chi connectivity index (χ0n) is 17.0. The standard InChI is InChI=1S/C23H26N2O4/c1-27-15-8-9-18-17(13-15)16-5-4-6-19(23(16)25-18)24-22(26)12-14-7-10-20(28-2)21(11-14)29-3/h7-11,13,19,25H,4-6,12H2,1-3H3,(H,24,26). The van der Waals surface area contributed by atoms with Crippen molar-refractivity contribution in [2.45, 2.75) is 31.7 Å². The Morgan fingerprint density at radius 2 is 1.90 bits per heavy atom. The molecule has 1 unspecified atom stereocenters. The highest BCUT2D eigenvalue weighted by Crippen LogP contribution is 2.36. The average Bonchev–Trinajstić information content (AvgIpc) is 3.12. The number of carbonyl (C=O) groups excluding carboxylic acids is 1. The Kier molecular flexibility index (Phi) is 5.34. The molecule has 152 valence electrons. The highest BCUT2D eigenvalue weighted by atomic mass is 16.5. The Hall–Kier alpha value is -3.15. The van der Waals surface area contributed by atoms with Crippen molar-refractivity contribution in [1.82, 2.24) is 10.3 Å². The van der Waals surface area contributed by atoms with Gasteiger partial charge >= 0.3 is 0 Å². The van der Waals surface area contributed by atoms with Gasteiger partial charge in [0.2, 0.25) is 5.91 Å². The van der Waals surface area contributed by atoms with Crippen molar-refractivity contribution >= 4 is 16.8 Å². The summed E-state index contributed by atoms with van der Waals surface area (Å²) in [4.78, 5) is 16.3. The van der Waals surface area contributed by atoms with E-state index in [2.05, 4.69) is 16.4 Å². The Balaban J connectivity index is 1.53. The van der Waals surface area contributed by atoms with Crippen LogP contribution in [0.5, 0.6) is 17.2 Å². The van der Waals surface area contributed by atoms with Crippen LogP contribution in [0.1, 0.15) is 35.7 Å². The largest absolute Gasteiger partial charge is 0.497 e. The van der Waals surface area contributed by atoms with Crippen LogP contribution in [-0.2, 0) is 17.6 Å². The molecule has 1 amide bonds. The van der Waals surface area contributed by atoms with Crippen LogP contribution in [0.4, 0.5) is 0 Å². The summed E-state index contributed by atoms with van der Waals surface area (Å²) in [7, 11) is 4.87. The molecule has 2 N–H and O–H groups in total. The molecule has 6 nitrogen and oxygen atoms in total. The summed E-state index contributed by atoms with van der Waals surface area (Å²) in [6.45, 7) is 0. The molecule has 0 bridgehead atoms. The molecule has 2 aromatic carbocycles. The molecule has 6 heteroatoms. The molecule has 1 aliphatic rings. The quantitative estimate of drug-likeness (QED) is 0.664. The molecule has 1 heterocycles. The molecule has 1 atom stereocenters. The number of benzene rings is 2. The number of hydrogen-bond acceptors (Lipinski definition) is 4. The number of H-pyrrole nitrogens is 1. The van der Waals surface area contributed by atoms with E-state index >= 15 is 0 Å². The van der Waals surface area contributed by atoms with Gasteiger partial charge in [-0.05, 0) is 60.7 Å². The van der Waals surface area contributed by atoms with Crippen LogP contribution in [0.25, 0.3) is 10.9 Å². The monoisotopic (exact) mass is 394 g/mol. The van der Waals surface area contributed by atoms with E-state index in [9.17, 15) is 4.79 Å². The topological polar surface area (TPSA) is 72.6 Å². The van der Waals surface area contributed by atoms with E-state index in [1.54, 1.807) is 21.3 Å². The first-order valence-electron chi connectivity index (χ1n) is 9.81. The Morgan fingerprint density at radius 3 is 2.66 bits per heavy atom. The Labute approximate surface area is 170 Å². The summed E-state index contributed by atoms with van der Waals surface area (Å²) >= 11 is 0. The minimum atomic E-state index is -0.00945. The molecule has 0 saturated carbocycles. The van der Waals surface area contributed by atoms with Crippen LogP contribution in [0.3, 0.4) is 0 Å². The molecule has 0 radical (unpaired) electrons. The van der Waals surface area contributed by atoms with Gasteiger partial charge in [-0.1, -0.05) is 6.07 Å². The lowest BCUT2D eigenvalue weighted by molar-refractivity contribution is -0.121.